The third-order valence-corrected chi connectivity index (χ3v) is 7.22. The molecule has 4 aromatic rings. The lowest BCUT2D eigenvalue weighted by atomic mass is 10.2. The van der Waals surface area contributed by atoms with Crippen molar-refractivity contribution in [2.75, 3.05) is 51.4 Å². The number of aromatic nitrogens is 2. The molecule has 1 fully saturated rings. The Morgan fingerprint density at radius 3 is 2.84 bits per heavy atom. The minimum atomic E-state index is -0.0467. The molecule has 2 aromatic carbocycles. The maximum Gasteiger partial charge on any atom is 0.260 e. The molecule has 2 aromatic heterocycles. The molecule has 1 aliphatic heterocycles. The maximum atomic E-state index is 13.6. The first-order valence-electron chi connectivity index (χ1n) is 10.1. The first-order valence-corrected chi connectivity index (χ1v) is 11.8. The Kier molecular flexibility index (Phi) is 5.82. The summed E-state index contributed by atoms with van der Waals surface area (Å²) in [5, 5.41) is 0.700. The van der Waals surface area contributed by atoms with Gasteiger partial charge in [-0.15, -0.1) is 11.3 Å². The second-order valence-corrected chi connectivity index (χ2v) is 9.17. The van der Waals surface area contributed by atoms with Gasteiger partial charge in [-0.3, -0.25) is 14.6 Å². The highest BCUT2D eigenvalue weighted by molar-refractivity contribution is 7.22. The van der Waals surface area contributed by atoms with Crippen LogP contribution in [0.1, 0.15) is 10.4 Å². The Morgan fingerprint density at radius 1 is 1.16 bits per heavy atom. The lowest BCUT2D eigenvalue weighted by Crippen LogP contribution is -2.43. The van der Waals surface area contributed by atoms with Crippen LogP contribution in [0.15, 0.2) is 41.9 Å². The minimum absolute atomic E-state index is 0.0467. The molecule has 0 radical (unpaired) electrons. The average Bonchev–Trinajstić information content (AvgIpc) is 3.45. The van der Waals surface area contributed by atoms with Gasteiger partial charge in [-0.05, 0) is 36.4 Å². The zero-order valence-corrected chi connectivity index (χ0v) is 18.7. The molecule has 160 valence electrons. The van der Waals surface area contributed by atoms with E-state index in [0.29, 0.717) is 17.2 Å². The number of rotatable bonds is 6. The molecule has 1 saturated heterocycles. The molecule has 0 unspecified atom stereocenters. The highest BCUT2D eigenvalue weighted by Crippen LogP contribution is 2.32. The number of ether oxygens (including phenoxy) is 2. The molecule has 0 saturated carbocycles. The quantitative estimate of drug-likeness (QED) is 0.440. The van der Waals surface area contributed by atoms with E-state index in [1.807, 2.05) is 36.4 Å². The summed E-state index contributed by atoms with van der Waals surface area (Å²) in [6, 6.07) is 11.5. The topological polar surface area (TPSA) is 67.8 Å². The molecule has 0 aliphatic carbocycles. The Morgan fingerprint density at radius 2 is 2.00 bits per heavy atom. The molecule has 1 amide bonds. The van der Waals surface area contributed by atoms with Gasteiger partial charge in [0.05, 0.1) is 46.3 Å². The average molecular weight is 455 g/mol. The van der Waals surface area contributed by atoms with Gasteiger partial charge in [0.1, 0.15) is 5.75 Å². The van der Waals surface area contributed by atoms with Crippen molar-refractivity contribution in [3.05, 3.63) is 47.5 Å². The molecule has 0 atom stereocenters. The number of carbonyl (C=O) groups is 1. The number of amides is 1. The zero-order chi connectivity index (χ0) is 21.2. The fraction of sp³-hybridized carbons (Fsp3) is 0.318. The third-order valence-electron chi connectivity index (χ3n) is 5.38. The molecular formula is C22H22N4O3S2. The molecule has 31 heavy (non-hydrogen) atoms. The summed E-state index contributed by atoms with van der Waals surface area (Å²) in [5.74, 6) is 0.735. The van der Waals surface area contributed by atoms with Crippen molar-refractivity contribution in [2.45, 2.75) is 0 Å². The highest BCUT2D eigenvalue weighted by atomic mass is 32.1. The molecule has 0 N–H and O–H groups in total. The van der Waals surface area contributed by atoms with Crippen molar-refractivity contribution < 1.29 is 14.3 Å². The van der Waals surface area contributed by atoms with E-state index in [-0.39, 0.29) is 5.91 Å². The summed E-state index contributed by atoms with van der Waals surface area (Å²) >= 11 is 3.05. The Bertz CT molecular complexity index is 1220. The van der Waals surface area contributed by atoms with Gasteiger partial charge in [-0.1, -0.05) is 11.3 Å². The van der Waals surface area contributed by atoms with Crippen molar-refractivity contribution in [1.29, 1.82) is 0 Å². The van der Waals surface area contributed by atoms with Crippen LogP contribution in [0.5, 0.6) is 5.75 Å². The predicted octanol–water partition coefficient (Wildman–Crippen LogP) is 3.89. The summed E-state index contributed by atoms with van der Waals surface area (Å²) in [4.78, 5) is 26.8. The van der Waals surface area contributed by atoms with Crippen molar-refractivity contribution in [2.24, 2.45) is 0 Å². The van der Waals surface area contributed by atoms with Crippen LogP contribution >= 0.6 is 22.7 Å². The second-order valence-electron chi connectivity index (χ2n) is 7.28. The van der Waals surface area contributed by atoms with E-state index in [9.17, 15) is 4.79 Å². The summed E-state index contributed by atoms with van der Waals surface area (Å²) < 4.78 is 12.8. The van der Waals surface area contributed by atoms with Crippen LogP contribution in [-0.2, 0) is 4.74 Å². The molecular weight excluding hydrogens is 432 g/mol. The summed E-state index contributed by atoms with van der Waals surface area (Å²) in [7, 11) is 1.65. The van der Waals surface area contributed by atoms with E-state index in [1.165, 1.54) is 22.7 Å². The van der Waals surface area contributed by atoms with Crippen LogP contribution < -0.4 is 9.64 Å². The Balaban J connectivity index is 1.47. The second kappa shape index (κ2) is 8.88. The van der Waals surface area contributed by atoms with Crippen LogP contribution in [0.2, 0.25) is 0 Å². The van der Waals surface area contributed by atoms with Crippen LogP contribution in [0.3, 0.4) is 0 Å². The SMILES string of the molecule is COc1ccc2nc(N(CCN3CCOCC3)C(=O)c3ccc4ncsc4c3)sc2c1. The van der Waals surface area contributed by atoms with E-state index in [2.05, 4.69) is 9.88 Å². The van der Waals surface area contributed by atoms with Gasteiger partial charge in [0.2, 0.25) is 0 Å². The monoisotopic (exact) mass is 454 g/mol. The molecule has 0 spiro atoms. The van der Waals surface area contributed by atoms with Gasteiger partial charge in [-0.25, -0.2) is 9.97 Å². The summed E-state index contributed by atoms with van der Waals surface area (Å²) in [5.41, 5.74) is 4.22. The van der Waals surface area contributed by atoms with Gasteiger partial charge in [-0.2, -0.15) is 0 Å². The number of benzene rings is 2. The number of morpholine rings is 1. The van der Waals surface area contributed by atoms with E-state index in [4.69, 9.17) is 14.5 Å². The van der Waals surface area contributed by atoms with Crippen molar-refractivity contribution in [3.63, 3.8) is 0 Å². The predicted molar refractivity (Wildman–Crippen MR) is 125 cm³/mol. The summed E-state index contributed by atoms with van der Waals surface area (Å²) in [6.07, 6.45) is 0. The molecule has 9 heteroatoms. The Hall–Kier alpha value is -2.59. The maximum absolute atomic E-state index is 13.6. The van der Waals surface area contributed by atoms with Crippen molar-refractivity contribution in [1.82, 2.24) is 14.9 Å². The van der Waals surface area contributed by atoms with Crippen LogP contribution in [0.25, 0.3) is 20.4 Å². The van der Waals surface area contributed by atoms with E-state index >= 15 is 0 Å². The van der Waals surface area contributed by atoms with Gasteiger partial charge in [0.25, 0.3) is 5.91 Å². The van der Waals surface area contributed by atoms with Crippen LogP contribution in [0.4, 0.5) is 5.13 Å². The van der Waals surface area contributed by atoms with Gasteiger partial charge in [0.15, 0.2) is 5.13 Å². The fourth-order valence-electron chi connectivity index (χ4n) is 3.63. The number of methoxy groups -OCH3 is 1. The van der Waals surface area contributed by atoms with E-state index in [1.54, 1.807) is 17.5 Å². The number of fused-ring (bicyclic) bond motifs is 2. The normalized spacial score (nSPS) is 14.9. The van der Waals surface area contributed by atoms with E-state index in [0.717, 1.165) is 59.0 Å². The number of carbonyl (C=O) groups excluding carboxylic acids is 1. The van der Waals surface area contributed by atoms with Gasteiger partial charge in [0, 0.05) is 31.7 Å². The molecule has 0 bridgehead atoms. The van der Waals surface area contributed by atoms with Crippen LogP contribution in [-0.4, -0.2) is 67.3 Å². The van der Waals surface area contributed by atoms with Crippen molar-refractivity contribution >= 4 is 54.1 Å². The third kappa shape index (κ3) is 4.27. The minimum Gasteiger partial charge on any atom is -0.497 e. The highest BCUT2D eigenvalue weighted by Gasteiger charge is 2.23. The van der Waals surface area contributed by atoms with Gasteiger partial charge >= 0.3 is 0 Å². The van der Waals surface area contributed by atoms with Gasteiger partial charge < -0.3 is 9.47 Å². The van der Waals surface area contributed by atoms with Crippen LogP contribution in [0, 0.1) is 0 Å². The van der Waals surface area contributed by atoms with Crippen molar-refractivity contribution in [3.8, 4) is 5.75 Å². The standard InChI is InChI=1S/C22H22N4O3S2/c1-28-16-3-5-18-20(13-16)31-22(24-18)26(7-6-25-8-10-29-11-9-25)21(27)15-2-4-17-19(12-15)30-14-23-17/h2-5,12-14H,6-11H2,1H3. The smallest absolute Gasteiger partial charge is 0.260 e. The first-order chi connectivity index (χ1) is 15.2. The lowest BCUT2D eigenvalue weighted by Gasteiger charge is -2.29. The molecule has 1 aliphatic rings. The summed E-state index contributed by atoms with van der Waals surface area (Å²) in [6.45, 7) is 4.57. The number of hydrogen-bond acceptors (Lipinski definition) is 8. The number of nitrogens with zero attached hydrogens (tertiary/aromatic N) is 4. The largest absolute Gasteiger partial charge is 0.497 e. The number of anilines is 1. The zero-order valence-electron chi connectivity index (χ0n) is 17.1. The molecule has 3 heterocycles. The van der Waals surface area contributed by atoms with E-state index < -0.39 is 0 Å². The number of hydrogen-bond donors (Lipinski definition) is 0. The number of thiazole rings is 2. The lowest BCUT2D eigenvalue weighted by molar-refractivity contribution is 0.0391. The first kappa shape index (κ1) is 20.3. The molecule has 5 rings (SSSR count). The fourth-order valence-corrected chi connectivity index (χ4v) is 5.36. The Labute approximate surface area is 187 Å². The molecule has 7 nitrogen and oxygen atoms in total.